The topological polar surface area (TPSA) is 63.3 Å². The quantitative estimate of drug-likeness (QED) is 0.838. The van der Waals surface area contributed by atoms with Gasteiger partial charge in [-0.05, 0) is 12.1 Å². The summed E-state index contributed by atoms with van der Waals surface area (Å²) in [5.41, 5.74) is 6.08. The molecular formula is C9H6BrNO2S. The van der Waals surface area contributed by atoms with Crippen LogP contribution in [0, 0.1) is 0 Å². The van der Waals surface area contributed by atoms with Crippen molar-refractivity contribution >= 4 is 49.0 Å². The van der Waals surface area contributed by atoms with Crippen molar-refractivity contribution < 1.29 is 9.90 Å². The number of fused-ring (bicyclic) bond motifs is 1. The largest absolute Gasteiger partial charge is 0.477 e. The fourth-order valence-electron chi connectivity index (χ4n) is 1.29. The Balaban J connectivity index is 2.87. The Morgan fingerprint density at radius 1 is 1.50 bits per heavy atom. The van der Waals surface area contributed by atoms with E-state index in [-0.39, 0.29) is 4.88 Å². The van der Waals surface area contributed by atoms with Gasteiger partial charge >= 0.3 is 5.97 Å². The molecule has 72 valence electrons. The maximum atomic E-state index is 10.8. The van der Waals surface area contributed by atoms with E-state index in [1.54, 1.807) is 0 Å². The van der Waals surface area contributed by atoms with Gasteiger partial charge in [-0.1, -0.05) is 22.0 Å². The van der Waals surface area contributed by atoms with Gasteiger partial charge in [0.2, 0.25) is 0 Å². The van der Waals surface area contributed by atoms with Gasteiger partial charge in [0.1, 0.15) is 4.88 Å². The van der Waals surface area contributed by atoms with Gasteiger partial charge in [-0.25, -0.2) is 4.79 Å². The Labute approximate surface area is 92.3 Å². The molecule has 0 unspecified atom stereocenters. The number of rotatable bonds is 1. The predicted molar refractivity (Wildman–Crippen MR) is 60.9 cm³/mol. The number of hydrogen-bond acceptors (Lipinski definition) is 3. The molecule has 2 rings (SSSR count). The van der Waals surface area contributed by atoms with E-state index in [0.717, 1.165) is 14.6 Å². The molecule has 0 aliphatic heterocycles. The van der Waals surface area contributed by atoms with E-state index in [1.807, 2.05) is 18.2 Å². The predicted octanol–water partition coefficient (Wildman–Crippen LogP) is 2.94. The van der Waals surface area contributed by atoms with Crippen molar-refractivity contribution in [2.45, 2.75) is 0 Å². The molecule has 14 heavy (non-hydrogen) atoms. The summed E-state index contributed by atoms with van der Waals surface area (Å²) in [4.78, 5) is 11.0. The van der Waals surface area contributed by atoms with E-state index < -0.39 is 5.97 Å². The third-order valence-corrected chi connectivity index (χ3v) is 3.72. The number of anilines is 1. The zero-order chi connectivity index (χ0) is 10.3. The lowest BCUT2D eigenvalue weighted by molar-refractivity contribution is 0.0703. The molecule has 0 aliphatic rings. The number of hydrogen-bond donors (Lipinski definition) is 2. The van der Waals surface area contributed by atoms with Crippen LogP contribution < -0.4 is 5.73 Å². The van der Waals surface area contributed by atoms with E-state index in [2.05, 4.69) is 15.9 Å². The molecule has 3 nitrogen and oxygen atoms in total. The van der Waals surface area contributed by atoms with Crippen molar-refractivity contribution in [1.29, 1.82) is 0 Å². The highest BCUT2D eigenvalue weighted by molar-refractivity contribution is 9.10. The minimum absolute atomic E-state index is 0.201. The molecule has 5 heteroatoms. The van der Waals surface area contributed by atoms with Crippen LogP contribution in [0.1, 0.15) is 9.67 Å². The number of benzene rings is 1. The van der Waals surface area contributed by atoms with Gasteiger partial charge in [0.05, 0.1) is 5.69 Å². The first-order chi connectivity index (χ1) is 6.61. The third-order valence-electron chi connectivity index (χ3n) is 1.90. The van der Waals surface area contributed by atoms with Crippen LogP contribution >= 0.6 is 27.3 Å². The van der Waals surface area contributed by atoms with Crippen molar-refractivity contribution in [2.24, 2.45) is 0 Å². The number of halogens is 1. The second-order valence-corrected chi connectivity index (χ2v) is 4.67. The van der Waals surface area contributed by atoms with Gasteiger partial charge in [0, 0.05) is 14.6 Å². The first kappa shape index (κ1) is 9.48. The van der Waals surface area contributed by atoms with E-state index in [1.165, 1.54) is 11.3 Å². The molecule has 1 aromatic heterocycles. The summed E-state index contributed by atoms with van der Waals surface area (Å²) in [7, 11) is 0. The number of nitrogens with two attached hydrogens (primary N) is 1. The van der Waals surface area contributed by atoms with Gasteiger partial charge in [-0.2, -0.15) is 0 Å². The number of carboxylic acids is 1. The third kappa shape index (κ3) is 1.29. The van der Waals surface area contributed by atoms with Crippen LogP contribution in [0.25, 0.3) is 10.1 Å². The average molecular weight is 272 g/mol. The smallest absolute Gasteiger partial charge is 0.348 e. The van der Waals surface area contributed by atoms with Crippen LogP contribution in [-0.2, 0) is 0 Å². The fraction of sp³-hybridized carbons (Fsp3) is 0. The highest BCUT2D eigenvalue weighted by atomic mass is 79.9. The van der Waals surface area contributed by atoms with Gasteiger partial charge < -0.3 is 10.8 Å². The molecule has 3 N–H and O–H groups in total. The van der Waals surface area contributed by atoms with Crippen molar-refractivity contribution in [3.63, 3.8) is 0 Å². The molecule has 0 bridgehead atoms. The summed E-state index contributed by atoms with van der Waals surface area (Å²) in [6.45, 7) is 0. The number of aromatic carboxylic acids is 1. The van der Waals surface area contributed by atoms with Crippen molar-refractivity contribution in [3.8, 4) is 0 Å². The summed E-state index contributed by atoms with van der Waals surface area (Å²) >= 11 is 4.54. The maximum absolute atomic E-state index is 10.8. The molecule has 1 aromatic carbocycles. The summed E-state index contributed by atoms with van der Waals surface area (Å²) in [5.74, 6) is -0.976. The summed E-state index contributed by atoms with van der Waals surface area (Å²) in [6.07, 6.45) is 0. The average Bonchev–Trinajstić information content (AvgIpc) is 2.45. The van der Waals surface area contributed by atoms with Crippen LogP contribution in [0.5, 0.6) is 0 Å². The summed E-state index contributed by atoms with van der Waals surface area (Å²) in [5, 5.41) is 9.66. The van der Waals surface area contributed by atoms with Crippen LogP contribution in [0.15, 0.2) is 22.7 Å². The first-order valence-electron chi connectivity index (χ1n) is 3.81. The molecule has 1 heterocycles. The van der Waals surface area contributed by atoms with Crippen molar-refractivity contribution in [2.75, 3.05) is 5.73 Å². The normalized spacial score (nSPS) is 10.6. The minimum atomic E-state index is -0.976. The zero-order valence-corrected chi connectivity index (χ0v) is 9.35. The lowest BCUT2D eigenvalue weighted by Gasteiger charge is -1.95. The standard InChI is InChI=1S/C9H6BrNO2S/c10-4-2-1-3-5-6(4)7(11)8(14-5)9(12)13/h1-3H,11H2,(H,12,13). The Morgan fingerprint density at radius 2 is 2.21 bits per heavy atom. The van der Waals surface area contributed by atoms with E-state index in [0.29, 0.717) is 5.69 Å². The highest BCUT2D eigenvalue weighted by Gasteiger charge is 2.16. The minimum Gasteiger partial charge on any atom is -0.477 e. The number of thiophene rings is 1. The highest BCUT2D eigenvalue weighted by Crippen LogP contribution is 2.37. The molecule has 0 fully saturated rings. The van der Waals surface area contributed by atoms with E-state index in [4.69, 9.17) is 10.8 Å². The van der Waals surface area contributed by atoms with Crippen LogP contribution in [0.2, 0.25) is 0 Å². The molecule has 2 aromatic rings. The lowest BCUT2D eigenvalue weighted by Crippen LogP contribution is -1.97. The molecule has 0 aliphatic carbocycles. The first-order valence-corrected chi connectivity index (χ1v) is 5.42. The summed E-state index contributed by atoms with van der Waals surface area (Å²) in [6, 6.07) is 5.55. The Bertz CT molecular complexity index is 521. The Kier molecular flexibility index (Phi) is 2.20. The second kappa shape index (κ2) is 3.25. The van der Waals surface area contributed by atoms with E-state index in [9.17, 15) is 4.79 Å². The second-order valence-electron chi connectivity index (χ2n) is 2.76. The summed E-state index contributed by atoms with van der Waals surface area (Å²) < 4.78 is 1.71. The van der Waals surface area contributed by atoms with Crippen LogP contribution in [0.3, 0.4) is 0 Å². The monoisotopic (exact) mass is 271 g/mol. The van der Waals surface area contributed by atoms with Gasteiger partial charge in [0.25, 0.3) is 0 Å². The Morgan fingerprint density at radius 3 is 2.79 bits per heavy atom. The molecule has 0 radical (unpaired) electrons. The fourth-order valence-corrected chi connectivity index (χ4v) is 2.99. The maximum Gasteiger partial charge on any atom is 0.348 e. The number of carboxylic acid groups (broad SMARTS) is 1. The van der Waals surface area contributed by atoms with E-state index >= 15 is 0 Å². The van der Waals surface area contributed by atoms with Crippen LogP contribution in [-0.4, -0.2) is 11.1 Å². The van der Waals surface area contributed by atoms with Crippen molar-refractivity contribution in [1.82, 2.24) is 0 Å². The molecule has 0 saturated carbocycles. The molecule has 0 amide bonds. The molecule has 0 saturated heterocycles. The van der Waals surface area contributed by atoms with Gasteiger partial charge in [-0.15, -0.1) is 11.3 Å². The molecule has 0 atom stereocenters. The number of carbonyl (C=O) groups is 1. The van der Waals surface area contributed by atoms with Crippen molar-refractivity contribution in [3.05, 3.63) is 27.5 Å². The lowest BCUT2D eigenvalue weighted by atomic mass is 10.2. The number of nitrogen functional groups attached to an aromatic ring is 1. The van der Waals surface area contributed by atoms with Gasteiger partial charge in [-0.3, -0.25) is 0 Å². The zero-order valence-electron chi connectivity index (χ0n) is 6.95. The molecular weight excluding hydrogens is 266 g/mol. The van der Waals surface area contributed by atoms with Gasteiger partial charge in [0.15, 0.2) is 0 Å². The SMILES string of the molecule is Nc1c(C(=O)O)sc2cccc(Br)c12. The Hall–Kier alpha value is -1.07. The molecule has 0 spiro atoms. The van der Waals surface area contributed by atoms with Crippen LogP contribution in [0.4, 0.5) is 5.69 Å².